The van der Waals surface area contributed by atoms with Crippen LogP contribution in [0.3, 0.4) is 0 Å². The molecular weight excluding hydrogens is 312 g/mol. The van der Waals surface area contributed by atoms with Gasteiger partial charge in [0.25, 0.3) is 0 Å². The van der Waals surface area contributed by atoms with Gasteiger partial charge in [-0.3, -0.25) is 14.4 Å². The Morgan fingerprint density at radius 3 is 2.96 bits per heavy atom. The van der Waals surface area contributed by atoms with E-state index in [2.05, 4.69) is 10.1 Å². The Kier molecular flexibility index (Phi) is 4.57. The van der Waals surface area contributed by atoms with E-state index in [0.29, 0.717) is 24.8 Å². The first-order chi connectivity index (χ1) is 11.2. The number of fused-ring (bicyclic) bond motifs is 1. The second kappa shape index (κ2) is 6.78. The first kappa shape index (κ1) is 15.5. The number of ether oxygens (including phenoxy) is 1. The van der Waals surface area contributed by atoms with E-state index in [1.165, 1.54) is 11.3 Å². The van der Waals surface area contributed by atoms with Crippen LogP contribution in [-0.4, -0.2) is 33.8 Å². The third-order valence-corrected chi connectivity index (χ3v) is 4.44. The van der Waals surface area contributed by atoms with Gasteiger partial charge in [0.1, 0.15) is 11.3 Å². The summed E-state index contributed by atoms with van der Waals surface area (Å²) in [5.41, 5.74) is 0.805. The van der Waals surface area contributed by atoms with Crippen LogP contribution in [0.25, 0.3) is 10.2 Å². The number of nitrogens with zero attached hydrogens (tertiary/aromatic N) is 4. The van der Waals surface area contributed by atoms with E-state index >= 15 is 0 Å². The van der Waals surface area contributed by atoms with Crippen LogP contribution in [0.2, 0.25) is 0 Å². The third kappa shape index (κ3) is 3.34. The third-order valence-electron chi connectivity index (χ3n) is 3.39. The second-order valence-corrected chi connectivity index (χ2v) is 5.98. The van der Waals surface area contributed by atoms with Gasteiger partial charge in [0.15, 0.2) is 5.13 Å². The maximum absolute atomic E-state index is 12.0. The van der Waals surface area contributed by atoms with Gasteiger partial charge in [-0.05, 0) is 25.1 Å². The number of carbonyl (C=O) groups is 1. The van der Waals surface area contributed by atoms with Crippen molar-refractivity contribution < 1.29 is 9.53 Å². The molecule has 2 heterocycles. The molecule has 6 nitrogen and oxygen atoms in total. The molecule has 1 aromatic carbocycles. The first-order valence-electron chi connectivity index (χ1n) is 7.47. The highest BCUT2D eigenvalue weighted by atomic mass is 32.1. The highest BCUT2D eigenvalue weighted by Crippen LogP contribution is 2.34. The molecule has 0 unspecified atom stereocenters. The predicted molar refractivity (Wildman–Crippen MR) is 91.0 cm³/mol. The number of benzene rings is 1. The number of carbonyl (C=O) groups excluding carboxylic acids is 1. The molecule has 0 saturated carbocycles. The van der Waals surface area contributed by atoms with Gasteiger partial charge in [-0.15, -0.1) is 0 Å². The molecule has 0 bridgehead atoms. The van der Waals surface area contributed by atoms with E-state index in [1.807, 2.05) is 37.4 Å². The van der Waals surface area contributed by atoms with Gasteiger partial charge in [0, 0.05) is 25.9 Å². The van der Waals surface area contributed by atoms with Gasteiger partial charge in [-0.25, -0.2) is 4.98 Å². The van der Waals surface area contributed by atoms with Crippen molar-refractivity contribution >= 4 is 32.6 Å². The van der Waals surface area contributed by atoms with Crippen LogP contribution < -0.4 is 9.64 Å². The molecule has 2 aromatic heterocycles. The Hall–Kier alpha value is -2.41. The molecule has 0 aliphatic rings. The van der Waals surface area contributed by atoms with Gasteiger partial charge < -0.3 is 4.74 Å². The fraction of sp³-hybridized carbons (Fsp3) is 0.312. The number of para-hydroxylation sites is 1. The smallest absolute Gasteiger partial charge is 0.225 e. The second-order valence-electron chi connectivity index (χ2n) is 4.97. The zero-order valence-corrected chi connectivity index (χ0v) is 13.9. The van der Waals surface area contributed by atoms with Crippen LogP contribution in [0.15, 0.2) is 36.7 Å². The number of thiazole rings is 1. The lowest BCUT2D eigenvalue weighted by Gasteiger charge is -2.17. The molecule has 0 aliphatic heterocycles. The number of hydrogen-bond acceptors (Lipinski definition) is 5. The molecule has 0 N–H and O–H groups in total. The van der Waals surface area contributed by atoms with Crippen molar-refractivity contribution in [2.75, 3.05) is 18.1 Å². The topological polar surface area (TPSA) is 60.2 Å². The summed E-state index contributed by atoms with van der Waals surface area (Å²) >= 11 is 1.50. The fourth-order valence-corrected chi connectivity index (χ4v) is 3.38. The van der Waals surface area contributed by atoms with Crippen molar-refractivity contribution in [3.8, 4) is 5.75 Å². The molecule has 0 aliphatic carbocycles. The Morgan fingerprint density at radius 1 is 1.39 bits per heavy atom. The number of aromatic nitrogens is 3. The summed E-state index contributed by atoms with van der Waals surface area (Å²) in [6.45, 7) is 5.24. The molecule has 0 atom stereocenters. The Morgan fingerprint density at radius 2 is 2.26 bits per heavy atom. The number of anilines is 1. The summed E-state index contributed by atoms with van der Waals surface area (Å²) in [4.78, 5) is 18.3. The van der Waals surface area contributed by atoms with E-state index < -0.39 is 0 Å². The normalized spacial score (nSPS) is 10.9. The average molecular weight is 330 g/mol. The number of amides is 1. The molecule has 120 valence electrons. The van der Waals surface area contributed by atoms with Crippen molar-refractivity contribution in [2.24, 2.45) is 0 Å². The maximum Gasteiger partial charge on any atom is 0.225 e. The van der Waals surface area contributed by atoms with E-state index in [9.17, 15) is 4.79 Å². The van der Waals surface area contributed by atoms with E-state index in [4.69, 9.17) is 4.74 Å². The van der Waals surface area contributed by atoms with Gasteiger partial charge in [-0.2, -0.15) is 5.10 Å². The van der Waals surface area contributed by atoms with Crippen molar-refractivity contribution in [2.45, 2.75) is 20.4 Å². The lowest BCUT2D eigenvalue weighted by atomic mass is 10.3. The molecule has 1 amide bonds. The summed E-state index contributed by atoms with van der Waals surface area (Å²) in [5, 5.41) is 4.85. The molecule has 0 fully saturated rings. The van der Waals surface area contributed by atoms with Crippen molar-refractivity contribution in [3.05, 3.63) is 36.7 Å². The minimum Gasteiger partial charge on any atom is -0.492 e. The Bertz CT molecular complexity index is 798. The van der Waals surface area contributed by atoms with Gasteiger partial charge in [0.05, 0.1) is 17.9 Å². The van der Waals surface area contributed by atoms with E-state index in [0.717, 1.165) is 16.0 Å². The quantitative estimate of drug-likeness (QED) is 0.697. The minimum absolute atomic E-state index is 0.0332. The van der Waals surface area contributed by atoms with Gasteiger partial charge in [0.2, 0.25) is 5.91 Å². The first-order valence-corrected chi connectivity index (χ1v) is 8.28. The summed E-state index contributed by atoms with van der Waals surface area (Å²) in [6.07, 6.45) is 3.61. The highest BCUT2D eigenvalue weighted by molar-refractivity contribution is 7.22. The molecular formula is C16H18N4O2S. The summed E-state index contributed by atoms with van der Waals surface area (Å²) < 4.78 is 8.43. The van der Waals surface area contributed by atoms with Gasteiger partial charge >= 0.3 is 0 Å². The van der Waals surface area contributed by atoms with Crippen molar-refractivity contribution in [1.82, 2.24) is 14.8 Å². The van der Waals surface area contributed by atoms with Crippen LogP contribution in [0.5, 0.6) is 5.75 Å². The Labute approximate surface area is 138 Å². The van der Waals surface area contributed by atoms with Crippen LogP contribution in [0.4, 0.5) is 5.13 Å². The summed E-state index contributed by atoms with van der Waals surface area (Å²) in [6, 6.07) is 7.70. The molecule has 23 heavy (non-hydrogen) atoms. The van der Waals surface area contributed by atoms with Crippen LogP contribution >= 0.6 is 11.3 Å². The molecule has 3 aromatic rings. The van der Waals surface area contributed by atoms with E-state index in [-0.39, 0.29) is 5.91 Å². The molecule has 0 saturated heterocycles. The molecule has 7 heteroatoms. The number of hydrogen-bond donors (Lipinski definition) is 0. The molecule has 3 rings (SSSR count). The fourth-order valence-electron chi connectivity index (χ4n) is 2.32. The van der Waals surface area contributed by atoms with Crippen LogP contribution in [0.1, 0.15) is 13.8 Å². The van der Waals surface area contributed by atoms with Crippen LogP contribution in [0, 0.1) is 0 Å². The number of rotatable bonds is 6. The summed E-state index contributed by atoms with van der Waals surface area (Å²) in [7, 11) is 0. The van der Waals surface area contributed by atoms with Gasteiger partial charge in [-0.1, -0.05) is 17.4 Å². The van der Waals surface area contributed by atoms with E-state index in [1.54, 1.807) is 22.7 Å². The lowest BCUT2D eigenvalue weighted by Crippen LogP contribution is -2.31. The predicted octanol–water partition coefficient (Wildman–Crippen LogP) is 2.94. The minimum atomic E-state index is -0.0332. The van der Waals surface area contributed by atoms with Crippen molar-refractivity contribution in [1.29, 1.82) is 0 Å². The highest BCUT2D eigenvalue weighted by Gasteiger charge is 2.18. The molecule has 0 spiro atoms. The standard InChI is InChI=1S/C16H18N4O2S/c1-3-22-13-6-4-7-14-15(13)18-16(23-14)20(12(2)21)11-10-19-9-5-8-17-19/h4-9H,3,10-11H2,1-2H3. The molecule has 0 radical (unpaired) electrons. The zero-order valence-electron chi connectivity index (χ0n) is 13.1. The van der Waals surface area contributed by atoms with Crippen LogP contribution in [-0.2, 0) is 11.3 Å². The monoisotopic (exact) mass is 330 g/mol. The average Bonchev–Trinajstić information content (AvgIpc) is 3.17. The lowest BCUT2D eigenvalue weighted by molar-refractivity contribution is -0.116. The summed E-state index contributed by atoms with van der Waals surface area (Å²) in [5.74, 6) is 0.720. The van der Waals surface area contributed by atoms with Crippen molar-refractivity contribution in [3.63, 3.8) is 0 Å². The largest absolute Gasteiger partial charge is 0.492 e. The zero-order chi connectivity index (χ0) is 16.2. The Balaban J connectivity index is 1.88. The maximum atomic E-state index is 12.0. The SMILES string of the molecule is CCOc1cccc2sc(N(CCn3cccn3)C(C)=O)nc12.